The van der Waals surface area contributed by atoms with Gasteiger partial charge in [0.25, 0.3) is 5.91 Å². The molecule has 0 saturated heterocycles. The molecule has 0 aliphatic carbocycles. The Kier molecular flexibility index (Phi) is 5.96. The number of β-amino-alcohol motifs (C(OH)–C–C–N with tert-alkyl or cyclic N) is 1. The molecule has 0 spiro atoms. The Morgan fingerprint density at radius 2 is 1.96 bits per heavy atom. The lowest BCUT2D eigenvalue weighted by Crippen LogP contribution is -2.31. The van der Waals surface area contributed by atoms with Crippen molar-refractivity contribution in [3.8, 4) is 0 Å². The van der Waals surface area contributed by atoms with Crippen LogP contribution in [0, 0.1) is 0 Å². The van der Waals surface area contributed by atoms with Crippen LogP contribution in [0.5, 0.6) is 0 Å². The fourth-order valence-corrected chi connectivity index (χ4v) is 2.34. The molecule has 134 valence electrons. The molecule has 9 nitrogen and oxygen atoms in total. The van der Waals surface area contributed by atoms with Crippen molar-refractivity contribution in [1.82, 2.24) is 4.90 Å². The van der Waals surface area contributed by atoms with Gasteiger partial charge < -0.3 is 24.8 Å². The number of aliphatic hydroxyl groups is 1. The fraction of sp³-hybridized carbons (Fsp3) is 0.312. The van der Waals surface area contributed by atoms with Crippen molar-refractivity contribution in [2.45, 2.75) is 0 Å². The van der Waals surface area contributed by atoms with Crippen LogP contribution in [0.3, 0.4) is 0 Å². The number of amides is 2. The van der Waals surface area contributed by atoms with Crippen molar-refractivity contribution in [3.63, 3.8) is 0 Å². The Morgan fingerprint density at radius 1 is 1.24 bits per heavy atom. The van der Waals surface area contributed by atoms with Gasteiger partial charge in [-0.3, -0.25) is 10.1 Å². The first-order valence-corrected chi connectivity index (χ1v) is 7.43. The quantitative estimate of drug-likeness (QED) is 0.642. The highest BCUT2D eigenvalue weighted by atomic mass is 16.5. The van der Waals surface area contributed by atoms with Gasteiger partial charge in [-0.2, -0.15) is 0 Å². The number of hydrogen-bond donors (Lipinski definition) is 3. The van der Waals surface area contributed by atoms with Gasteiger partial charge in [-0.15, -0.1) is 0 Å². The molecule has 0 unspecified atom stereocenters. The van der Waals surface area contributed by atoms with E-state index in [4.69, 9.17) is 9.84 Å². The van der Waals surface area contributed by atoms with E-state index in [-0.39, 0.29) is 31.0 Å². The van der Waals surface area contributed by atoms with Crippen molar-refractivity contribution < 1.29 is 29.0 Å². The number of benzene rings is 1. The molecule has 1 heterocycles. The van der Waals surface area contributed by atoms with Crippen LogP contribution in [0.1, 0.15) is 0 Å². The molecular weight excluding hydrogens is 330 g/mol. The van der Waals surface area contributed by atoms with Crippen LogP contribution in [-0.4, -0.2) is 61.9 Å². The van der Waals surface area contributed by atoms with Gasteiger partial charge in [0.15, 0.2) is 0 Å². The number of ether oxygens (including phenoxy) is 2. The van der Waals surface area contributed by atoms with Gasteiger partial charge in [0, 0.05) is 17.9 Å². The van der Waals surface area contributed by atoms with Crippen LogP contribution in [0.4, 0.5) is 16.2 Å². The summed E-state index contributed by atoms with van der Waals surface area (Å²) >= 11 is 0. The van der Waals surface area contributed by atoms with Crippen LogP contribution >= 0.6 is 0 Å². The van der Waals surface area contributed by atoms with Crippen LogP contribution in [0.2, 0.25) is 0 Å². The number of carbonyl (C=O) groups is 3. The van der Waals surface area contributed by atoms with Crippen molar-refractivity contribution in [1.29, 1.82) is 0 Å². The molecular formula is C16H19N3O6. The molecule has 1 aromatic rings. The first-order valence-electron chi connectivity index (χ1n) is 7.43. The summed E-state index contributed by atoms with van der Waals surface area (Å²) in [6, 6.07) is 6.57. The van der Waals surface area contributed by atoms with E-state index in [1.54, 1.807) is 24.3 Å². The third kappa shape index (κ3) is 4.27. The summed E-state index contributed by atoms with van der Waals surface area (Å²) in [5, 5.41) is 14.4. The maximum Gasteiger partial charge on any atom is 0.411 e. The van der Waals surface area contributed by atoms with Crippen LogP contribution < -0.4 is 10.6 Å². The normalized spacial score (nSPS) is 13.7. The molecule has 2 amide bonds. The van der Waals surface area contributed by atoms with E-state index in [0.29, 0.717) is 11.4 Å². The number of methoxy groups -OCH3 is 2. The number of esters is 1. The summed E-state index contributed by atoms with van der Waals surface area (Å²) in [6.45, 7) is -0.0606. The minimum Gasteiger partial charge on any atom is -0.466 e. The highest BCUT2D eigenvalue weighted by Crippen LogP contribution is 2.24. The van der Waals surface area contributed by atoms with Crippen LogP contribution in [0.25, 0.3) is 0 Å². The van der Waals surface area contributed by atoms with Gasteiger partial charge in [0.05, 0.1) is 32.9 Å². The largest absolute Gasteiger partial charge is 0.466 e. The third-order valence-corrected chi connectivity index (χ3v) is 3.52. The van der Waals surface area contributed by atoms with Crippen molar-refractivity contribution >= 4 is 29.3 Å². The lowest BCUT2D eigenvalue weighted by Gasteiger charge is -2.15. The lowest BCUT2D eigenvalue weighted by molar-refractivity contribution is -0.136. The molecule has 1 aliphatic heterocycles. The Morgan fingerprint density at radius 3 is 2.60 bits per heavy atom. The maximum absolute atomic E-state index is 12.4. The summed E-state index contributed by atoms with van der Waals surface area (Å²) in [5.41, 5.74) is 1.20. The average Bonchev–Trinajstić information content (AvgIpc) is 2.91. The van der Waals surface area contributed by atoms with Gasteiger partial charge in [0.2, 0.25) is 0 Å². The second-order valence-corrected chi connectivity index (χ2v) is 5.12. The molecule has 25 heavy (non-hydrogen) atoms. The molecule has 0 aromatic heterocycles. The topological polar surface area (TPSA) is 117 Å². The highest BCUT2D eigenvalue weighted by Gasteiger charge is 2.34. The van der Waals surface area contributed by atoms with Gasteiger partial charge in [-0.25, -0.2) is 9.59 Å². The second-order valence-electron chi connectivity index (χ2n) is 5.12. The van der Waals surface area contributed by atoms with E-state index in [1.807, 2.05) is 0 Å². The van der Waals surface area contributed by atoms with Crippen LogP contribution in [0.15, 0.2) is 35.5 Å². The Labute approximate surface area is 144 Å². The SMILES string of the molecule is COC(=O)Nc1cccc(NC2=C(C(=O)OC)CN(CCO)C2=O)c1. The first-order chi connectivity index (χ1) is 12.0. The van der Waals surface area contributed by atoms with Gasteiger partial charge >= 0.3 is 12.1 Å². The lowest BCUT2D eigenvalue weighted by atomic mass is 10.2. The number of aliphatic hydroxyl groups excluding tert-OH is 1. The molecule has 1 aromatic carbocycles. The second kappa shape index (κ2) is 8.15. The summed E-state index contributed by atoms with van der Waals surface area (Å²) in [4.78, 5) is 37.0. The zero-order chi connectivity index (χ0) is 18.4. The fourth-order valence-electron chi connectivity index (χ4n) is 2.34. The van der Waals surface area contributed by atoms with Gasteiger partial charge in [0.1, 0.15) is 5.70 Å². The van der Waals surface area contributed by atoms with E-state index in [2.05, 4.69) is 15.4 Å². The van der Waals surface area contributed by atoms with E-state index in [0.717, 1.165) is 0 Å². The molecule has 2 rings (SSSR count). The standard InChI is InChI=1S/C16H19N3O6/c1-24-15(22)12-9-19(6-7-20)14(21)13(12)17-10-4-3-5-11(8-10)18-16(23)25-2/h3-5,8,17,20H,6-7,9H2,1-2H3,(H,18,23). The Hall–Kier alpha value is -3.07. The summed E-state index contributed by atoms with van der Waals surface area (Å²) < 4.78 is 9.24. The van der Waals surface area contributed by atoms with Crippen molar-refractivity contribution in [2.24, 2.45) is 0 Å². The highest BCUT2D eigenvalue weighted by molar-refractivity contribution is 6.08. The monoisotopic (exact) mass is 349 g/mol. The molecule has 9 heteroatoms. The van der Waals surface area contributed by atoms with Gasteiger partial charge in [-0.1, -0.05) is 6.07 Å². The van der Waals surface area contributed by atoms with E-state index >= 15 is 0 Å². The van der Waals surface area contributed by atoms with Gasteiger partial charge in [-0.05, 0) is 18.2 Å². The smallest absolute Gasteiger partial charge is 0.411 e. The number of nitrogens with zero attached hydrogens (tertiary/aromatic N) is 1. The Balaban J connectivity index is 2.26. The molecule has 0 fully saturated rings. The van der Waals surface area contributed by atoms with Crippen molar-refractivity contribution in [2.75, 3.05) is 44.5 Å². The zero-order valence-corrected chi connectivity index (χ0v) is 13.9. The number of carbonyl (C=O) groups excluding carboxylic acids is 3. The molecule has 3 N–H and O–H groups in total. The maximum atomic E-state index is 12.4. The first kappa shape index (κ1) is 18.3. The van der Waals surface area contributed by atoms with E-state index in [9.17, 15) is 14.4 Å². The predicted molar refractivity (Wildman–Crippen MR) is 88.8 cm³/mol. The predicted octanol–water partition coefficient (Wildman–Crippen LogP) is 0.538. The van der Waals surface area contributed by atoms with E-state index < -0.39 is 18.0 Å². The van der Waals surface area contributed by atoms with Crippen molar-refractivity contribution in [3.05, 3.63) is 35.5 Å². The van der Waals surface area contributed by atoms with E-state index in [1.165, 1.54) is 19.1 Å². The van der Waals surface area contributed by atoms with Crippen LogP contribution in [-0.2, 0) is 19.1 Å². The number of nitrogens with one attached hydrogen (secondary N) is 2. The molecule has 1 aliphatic rings. The summed E-state index contributed by atoms with van der Waals surface area (Å²) in [5.74, 6) is -1.04. The summed E-state index contributed by atoms with van der Waals surface area (Å²) in [7, 11) is 2.48. The number of anilines is 2. The minimum atomic E-state index is -0.627. The molecule has 0 atom stereocenters. The number of rotatable bonds is 6. The Bertz CT molecular complexity index is 716. The zero-order valence-electron chi connectivity index (χ0n) is 13.9. The summed E-state index contributed by atoms with van der Waals surface area (Å²) in [6.07, 6.45) is -0.627. The average molecular weight is 349 g/mol. The third-order valence-electron chi connectivity index (χ3n) is 3.52. The molecule has 0 radical (unpaired) electrons. The number of hydrogen-bond acceptors (Lipinski definition) is 7. The minimum absolute atomic E-state index is 0.0501. The molecule has 0 bridgehead atoms. The molecule has 0 saturated carbocycles.